The SMILES string of the molecule is CCCCCCCCCCCCCCCCCCCCCCCCCC(CC)CCCCC. The highest BCUT2D eigenvalue weighted by Crippen LogP contribution is 2.21. The predicted molar refractivity (Wildman–Crippen MR) is 154 cm³/mol. The van der Waals surface area contributed by atoms with E-state index in [9.17, 15) is 0 Å². The van der Waals surface area contributed by atoms with Gasteiger partial charge in [0.15, 0.2) is 0 Å². The Kier molecular flexibility index (Phi) is 30.0. The zero-order chi connectivity index (χ0) is 24.1. The van der Waals surface area contributed by atoms with E-state index in [-0.39, 0.29) is 0 Å². The van der Waals surface area contributed by atoms with Crippen LogP contribution in [0.5, 0.6) is 0 Å². The summed E-state index contributed by atoms with van der Waals surface area (Å²) >= 11 is 0. The van der Waals surface area contributed by atoms with Crippen molar-refractivity contribution in [1.82, 2.24) is 0 Å². The zero-order valence-electron chi connectivity index (χ0n) is 24.1. The van der Waals surface area contributed by atoms with Crippen molar-refractivity contribution in [2.75, 3.05) is 0 Å². The molecule has 0 fully saturated rings. The molecule has 0 amide bonds. The van der Waals surface area contributed by atoms with Crippen LogP contribution in [0.1, 0.15) is 207 Å². The van der Waals surface area contributed by atoms with Crippen LogP contribution in [0.2, 0.25) is 0 Å². The zero-order valence-corrected chi connectivity index (χ0v) is 24.1. The van der Waals surface area contributed by atoms with Gasteiger partial charge >= 0.3 is 0 Å². The van der Waals surface area contributed by atoms with Gasteiger partial charge in [0.2, 0.25) is 0 Å². The summed E-state index contributed by atoms with van der Waals surface area (Å²) in [5.41, 5.74) is 0. The first-order chi connectivity index (χ1) is 16.3. The van der Waals surface area contributed by atoms with Crippen molar-refractivity contribution in [3.8, 4) is 0 Å². The van der Waals surface area contributed by atoms with E-state index >= 15 is 0 Å². The number of hydrogen-bond acceptors (Lipinski definition) is 0. The minimum absolute atomic E-state index is 1.02. The first kappa shape index (κ1) is 33.0. The van der Waals surface area contributed by atoms with E-state index < -0.39 is 0 Å². The van der Waals surface area contributed by atoms with Crippen LogP contribution < -0.4 is 0 Å². The molecule has 0 aromatic carbocycles. The van der Waals surface area contributed by atoms with Crippen LogP contribution in [0, 0.1) is 5.92 Å². The first-order valence-electron chi connectivity index (χ1n) is 16.3. The van der Waals surface area contributed by atoms with E-state index in [0.29, 0.717) is 0 Å². The van der Waals surface area contributed by atoms with Gasteiger partial charge in [-0.3, -0.25) is 0 Å². The highest BCUT2D eigenvalue weighted by Gasteiger charge is 2.05. The van der Waals surface area contributed by atoms with Crippen LogP contribution in [-0.4, -0.2) is 0 Å². The molecule has 0 bridgehead atoms. The molecule has 33 heavy (non-hydrogen) atoms. The summed E-state index contributed by atoms with van der Waals surface area (Å²) in [4.78, 5) is 0. The van der Waals surface area contributed by atoms with Gasteiger partial charge in [-0.25, -0.2) is 0 Å². The van der Waals surface area contributed by atoms with E-state index in [4.69, 9.17) is 0 Å². The lowest BCUT2D eigenvalue weighted by Gasteiger charge is -2.14. The first-order valence-corrected chi connectivity index (χ1v) is 16.3. The van der Waals surface area contributed by atoms with Crippen LogP contribution in [-0.2, 0) is 0 Å². The highest BCUT2D eigenvalue weighted by molar-refractivity contribution is 4.59. The Labute approximate surface area is 212 Å². The molecule has 200 valence electrons. The van der Waals surface area contributed by atoms with Gasteiger partial charge < -0.3 is 0 Å². The van der Waals surface area contributed by atoms with Crippen molar-refractivity contribution in [2.45, 2.75) is 207 Å². The van der Waals surface area contributed by atoms with Crippen LogP contribution >= 0.6 is 0 Å². The van der Waals surface area contributed by atoms with Gasteiger partial charge in [-0.15, -0.1) is 0 Å². The van der Waals surface area contributed by atoms with Crippen molar-refractivity contribution in [3.63, 3.8) is 0 Å². The molecule has 0 rings (SSSR count). The Morgan fingerprint density at radius 3 is 0.758 bits per heavy atom. The average molecular weight is 465 g/mol. The van der Waals surface area contributed by atoms with Crippen molar-refractivity contribution in [3.05, 3.63) is 0 Å². The van der Waals surface area contributed by atoms with Crippen molar-refractivity contribution < 1.29 is 0 Å². The number of hydrogen-bond donors (Lipinski definition) is 0. The molecule has 0 aromatic heterocycles. The van der Waals surface area contributed by atoms with Crippen molar-refractivity contribution in [2.24, 2.45) is 5.92 Å². The van der Waals surface area contributed by atoms with E-state index in [1.807, 2.05) is 0 Å². The molecule has 0 saturated heterocycles. The Morgan fingerprint density at radius 2 is 0.485 bits per heavy atom. The van der Waals surface area contributed by atoms with Gasteiger partial charge in [0.05, 0.1) is 0 Å². The van der Waals surface area contributed by atoms with E-state index in [1.54, 1.807) is 0 Å². The molecular formula is C33H68. The Balaban J connectivity index is 3.11. The Hall–Kier alpha value is 0. The average Bonchev–Trinajstić information content (AvgIpc) is 2.83. The van der Waals surface area contributed by atoms with Crippen LogP contribution in [0.25, 0.3) is 0 Å². The van der Waals surface area contributed by atoms with E-state index in [1.165, 1.54) is 186 Å². The molecule has 0 aromatic rings. The standard InChI is InChI=1S/C33H68/c1-4-7-9-10-11-12-13-14-15-16-17-18-19-20-21-22-23-24-25-26-27-28-30-32-33(6-3)31-29-8-5-2/h33H,4-32H2,1-3H3. The summed E-state index contributed by atoms with van der Waals surface area (Å²) < 4.78 is 0. The second kappa shape index (κ2) is 30.0. The molecule has 0 aliphatic rings. The molecule has 1 unspecified atom stereocenters. The molecule has 0 aliphatic heterocycles. The summed E-state index contributed by atoms with van der Waals surface area (Å²) in [6.45, 7) is 7.03. The summed E-state index contributed by atoms with van der Waals surface area (Å²) in [5.74, 6) is 1.02. The monoisotopic (exact) mass is 465 g/mol. The molecule has 0 nitrogen and oxygen atoms in total. The number of unbranched alkanes of at least 4 members (excludes halogenated alkanes) is 24. The lowest BCUT2D eigenvalue weighted by atomic mass is 9.92. The summed E-state index contributed by atoms with van der Waals surface area (Å²) in [6.07, 6.45) is 42.8. The van der Waals surface area contributed by atoms with Gasteiger partial charge in [0.1, 0.15) is 0 Å². The van der Waals surface area contributed by atoms with Gasteiger partial charge in [-0.1, -0.05) is 207 Å². The minimum Gasteiger partial charge on any atom is -0.0654 e. The summed E-state index contributed by atoms with van der Waals surface area (Å²) in [5, 5.41) is 0. The molecule has 0 heterocycles. The fourth-order valence-electron chi connectivity index (χ4n) is 5.45. The lowest BCUT2D eigenvalue weighted by molar-refractivity contribution is 0.395. The molecule has 1 atom stereocenters. The second-order valence-electron chi connectivity index (χ2n) is 11.3. The molecule has 0 radical (unpaired) electrons. The quantitative estimate of drug-likeness (QED) is 0.0965. The largest absolute Gasteiger partial charge is 0.0654 e. The molecule has 0 N–H and O–H groups in total. The summed E-state index contributed by atoms with van der Waals surface area (Å²) in [6, 6.07) is 0. The fourth-order valence-corrected chi connectivity index (χ4v) is 5.45. The molecule has 0 aliphatic carbocycles. The Bertz CT molecular complexity index is 320. The lowest BCUT2D eigenvalue weighted by Crippen LogP contribution is -1.99. The topological polar surface area (TPSA) is 0 Å². The van der Waals surface area contributed by atoms with Crippen LogP contribution in [0.4, 0.5) is 0 Å². The third-order valence-electron chi connectivity index (χ3n) is 8.01. The van der Waals surface area contributed by atoms with Gasteiger partial charge in [-0.05, 0) is 5.92 Å². The Morgan fingerprint density at radius 1 is 0.273 bits per heavy atom. The fraction of sp³-hybridized carbons (Fsp3) is 1.00. The molecular weight excluding hydrogens is 396 g/mol. The molecule has 0 saturated carbocycles. The van der Waals surface area contributed by atoms with Crippen LogP contribution in [0.15, 0.2) is 0 Å². The van der Waals surface area contributed by atoms with Gasteiger partial charge in [-0.2, -0.15) is 0 Å². The second-order valence-corrected chi connectivity index (χ2v) is 11.3. The maximum absolute atomic E-state index is 2.40. The predicted octanol–water partition coefficient (Wildman–Crippen LogP) is 13.0. The highest BCUT2D eigenvalue weighted by atomic mass is 14.1. The third kappa shape index (κ3) is 28.1. The smallest absolute Gasteiger partial charge is 0.0417 e. The maximum atomic E-state index is 2.40. The van der Waals surface area contributed by atoms with Gasteiger partial charge in [0.25, 0.3) is 0 Å². The van der Waals surface area contributed by atoms with Crippen molar-refractivity contribution in [1.29, 1.82) is 0 Å². The maximum Gasteiger partial charge on any atom is -0.0417 e. The third-order valence-corrected chi connectivity index (χ3v) is 8.01. The van der Waals surface area contributed by atoms with Gasteiger partial charge in [0, 0.05) is 0 Å². The van der Waals surface area contributed by atoms with E-state index in [0.717, 1.165) is 5.92 Å². The van der Waals surface area contributed by atoms with Crippen LogP contribution in [0.3, 0.4) is 0 Å². The molecule has 0 spiro atoms. The minimum atomic E-state index is 1.02. The summed E-state index contributed by atoms with van der Waals surface area (Å²) in [7, 11) is 0. The number of rotatable bonds is 29. The van der Waals surface area contributed by atoms with Crippen molar-refractivity contribution >= 4 is 0 Å². The van der Waals surface area contributed by atoms with E-state index in [2.05, 4.69) is 20.8 Å². The molecule has 0 heteroatoms. The normalized spacial score (nSPS) is 12.5.